The van der Waals surface area contributed by atoms with E-state index in [2.05, 4.69) is 19.1 Å². The molecular formula is C17H20O. The Morgan fingerprint density at radius 3 is 2.00 bits per heavy atom. The Morgan fingerprint density at radius 2 is 1.44 bits per heavy atom. The lowest BCUT2D eigenvalue weighted by Crippen LogP contribution is -2.23. The van der Waals surface area contributed by atoms with Gasteiger partial charge in [0, 0.05) is 0 Å². The zero-order chi connectivity index (χ0) is 13.0. The van der Waals surface area contributed by atoms with Gasteiger partial charge in [0.25, 0.3) is 0 Å². The Balaban J connectivity index is 2.14. The molecule has 94 valence electrons. The fourth-order valence-corrected chi connectivity index (χ4v) is 2.41. The molecule has 0 fully saturated rings. The quantitative estimate of drug-likeness (QED) is 0.853. The fraction of sp³-hybridized carbons (Fsp3) is 0.294. The van der Waals surface area contributed by atoms with Crippen LogP contribution in [0.25, 0.3) is 0 Å². The normalized spacial score (nSPS) is 15.9. The predicted molar refractivity (Wildman–Crippen MR) is 75.5 cm³/mol. The van der Waals surface area contributed by atoms with Gasteiger partial charge in [-0.05, 0) is 30.4 Å². The molecule has 2 aromatic rings. The van der Waals surface area contributed by atoms with E-state index in [4.69, 9.17) is 0 Å². The molecule has 0 radical (unpaired) electrons. The summed E-state index contributed by atoms with van der Waals surface area (Å²) in [6.45, 7) is 4.05. The molecule has 1 heteroatoms. The maximum absolute atomic E-state index is 10.6. The molecule has 2 aromatic carbocycles. The van der Waals surface area contributed by atoms with Crippen molar-refractivity contribution in [3.63, 3.8) is 0 Å². The van der Waals surface area contributed by atoms with Crippen LogP contribution in [0, 0.1) is 0 Å². The highest BCUT2D eigenvalue weighted by atomic mass is 16.3. The summed E-state index contributed by atoms with van der Waals surface area (Å²) >= 11 is 0. The molecule has 18 heavy (non-hydrogen) atoms. The van der Waals surface area contributed by atoms with Crippen LogP contribution in [0.2, 0.25) is 0 Å². The lowest BCUT2D eigenvalue weighted by Gasteiger charge is -2.27. The Bertz CT molecular complexity index is 473. The second-order valence-corrected chi connectivity index (χ2v) is 5.16. The highest BCUT2D eigenvalue weighted by Crippen LogP contribution is 2.32. The number of benzene rings is 2. The lowest BCUT2D eigenvalue weighted by molar-refractivity contribution is 0.0415. The standard InChI is InChI=1S/C17H20O/c1-14(15-9-5-3-6-10-15)13-17(2,18)16-11-7-4-8-12-16/h3-12,14,18H,13H2,1-2H3. The maximum Gasteiger partial charge on any atom is 0.0874 e. The van der Waals surface area contributed by atoms with Gasteiger partial charge in [0.05, 0.1) is 5.60 Å². The van der Waals surface area contributed by atoms with Gasteiger partial charge in [0.15, 0.2) is 0 Å². The summed E-state index contributed by atoms with van der Waals surface area (Å²) in [5, 5.41) is 10.6. The molecule has 1 nitrogen and oxygen atoms in total. The van der Waals surface area contributed by atoms with E-state index in [1.165, 1.54) is 5.56 Å². The largest absolute Gasteiger partial charge is 0.385 e. The fourth-order valence-electron chi connectivity index (χ4n) is 2.41. The zero-order valence-corrected chi connectivity index (χ0v) is 11.0. The van der Waals surface area contributed by atoms with Crippen LogP contribution in [0.5, 0.6) is 0 Å². The van der Waals surface area contributed by atoms with Gasteiger partial charge in [-0.1, -0.05) is 67.6 Å². The van der Waals surface area contributed by atoms with E-state index < -0.39 is 5.60 Å². The summed E-state index contributed by atoms with van der Waals surface area (Å²) in [4.78, 5) is 0. The second kappa shape index (κ2) is 5.36. The molecule has 0 aromatic heterocycles. The van der Waals surface area contributed by atoms with E-state index in [9.17, 15) is 5.11 Å². The summed E-state index contributed by atoms with van der Waals surface area (Å²) in [5.41, 5.74) is 1.47. The van der Waals surface area contributed by atoms with Crippen molar-refractivity contribution in [2.45, 2.75) is 31.8 Å². The van der Waals surface area contributed by atoms with E-state index >= 15 is 0 Å². The van der Waals surface area contributed by atoms with Gasteiger partial charge in [-0.15, -0.1) is 0 Å². The van der Waals surface area contributed by atoms with Gasteiger partial charge >= 0.3 is 0 Å². The molecule has 0 saturated carbocycles. The summed E-state index contributed by atoms with van der Waals surface area (Å²) in [6, 6.07) is 20.2. The summed E-state index contributed by atoms with van der Waals surface area (Å²) in [5.74, 6) is 0.335. The van der Waals surface area contributed by atoms with Gasteiger partial charge < -0.3 is 5.11 Å². The van der Waals surface area contributed by atoms with E-state index in [-0.39, 0.29) is 0 Å². The maximum atomic E-state index is 10.6. The predicted octanol–water partition coefficient (Wildman–Crippen LogP) is 4.09. The minimum absolute atomic E-state index is 0.335. The van der Waals surface area contributed by atoms with E-state index in [1.54, 1.807) is 0 Å². The second-order valence-electron chi connectivity index (χ2n) is 5.16. The average molecular weight is 240 g/mol. The Morgan fingerprint density at radius 1 is 0.944 bits per heavy atom. The first-order chi connectivity index (χ1) is 8.59. The van der Waals surface area contributed by atoms with Gasteiger partial charge in [-0.2, -0.15) is 0 Å². The average Bonchev–Trinajstić information content (AvgIpc) is 2.40. The van der Waals surface area contributed by atoms with Crippen LogP contribution in [0.15, 0.2) is 60.7 Å². The third-order valence-corrected chi connectivity index (χ3v) is 3.47. The minimum atomic E-state index is -0.781. The van der Waals surface area contributed by atoms with Crippen LogP contribution < -0.4 is 0 Å². The van der Waals surface area contributed by atoms with Crippen molar-refractivity contribution in [3.8, 4) is 0 Å². The molecule has 1 N–H and O–H groups in total. The minimum Gasteiger partial charge on any atom is -0.385 e. The Kier molecular flexibility index (Phi) is 3.83. The number of hydrogen-bond donors (Lipinski definition) is 1. The third-order valence-electron chi connectivity index (χ3n) is 3.47. The molecule has 0 aliphatic carbocycles. The molecule has 0 aliphatic heterocycles. The van der Waals surface area contributed by atoms with Crippen LogP contribution in [0.1, 0.15) is 37.3 Å². The number of aliphatic hydroxyl groups is 1. The van der Waals surface area contributed by atoms with Gasteiger partial charge in [-0.25, -0.2) is 0 Å². The summed E-state index contributed by atoms with van der Waals surface area (Å²) in [6.07, 6.45) is 0.723. The van der Waals surface area contributed by atoms with Crippen molar-refractivity contribution in [1.82, 2.24) is 0 Å². The molecule has 0 aliphatic rings. The van der Waals surface area contributed by atoms with Crippen LogP contribution in [0.4, 0.5) is 0 Å². The van der Waals surface area contributed by atoms with Crippen LogP contribution in [-0.4, -0.2) is 5.11 Å². The molecule has 0 saturated heterocycles. The highest BCUT2D eigenvalue weighted by Gasteiger charge is 2.25. The van der Waals surface area contributed by atoms with E-state index in [0.717, 1.165) is 12.0 Å². The van der Waals surface area contributed by atoms with Gasteiger partial charge in [-0.3, -0.25) is 0 Å². The molecule has 0 heterocycles. The van der Waals surface area contributed by atoms with Gasteiger partial charge in [0.1, 0.15) is 0 Å². The summed E-state index contributed by atoms with van der Waals surface area (Å²) < 4.78 is 0. The van der Waals surface area contributed by atoms with Crippen molar-refractivity contribution < 1.29 is 5.11 Å². The van der Waals surface area contributed by atoms with Gasteiger partial charge in [0.2, 0.25) is 0 Å². The molecule has 2 rings (SSSR count). The number of rotatable bonds is 4. The third kappa shape index (κ3) is 2.99. The molecular weight excluding hydrogens is 220 g/mol. The van der Waals surface area contributed by atoms with Crippen molar-refractivity contribution in [2.24, 2.45) is 0 Å². The van der Waals surface area contributed by atoms with Crippen molar-refractivity contribution in [3.05, 3.63) is 71.8 Å². The summed E-state index contributed by atoms with van der Waals surface area (Å²) in [7, 11) is 0. The first-order valence-electron chi connectivity index (χ1n) is 6.42. The van der Waals surface area contributed by atoms with Crippen LogP contribution in [-0.2, 0) is 5.60 Å². The van der Waals surface area contributed by atoms with Crippen molar-refractivity contribution in [2.75, 3.05) is 0 Å². The van der Waals surface area contributed by atoms with E-state index in [1.807, 2.05) is 55.5 Å². The SMILES string of the molecule is CC(CC(C)(O)c1ccccc1)c1ccccc1. The number of hydrogen-bond acceptors (Lipinski definition) is 1. The smallest absolute Gasteiger partial charge is 0.0874 e. The monoisotopic (exact) mass is 240 g/mol. The Hall–Kier alpha value is -1.60. The molecule has 0 amide bonds. The molecule has 0 spiro atoms. The highest BCUT2D eigenvalue weighted by molar-refractivity contribution is 5.24. The first-order valence-corrected chi connectivity index (χ1v) is 6.42. The van der Waals surface area contributed by atoms with Crippen molar-refractivity contribution in [1.29, 1.82) is 0 Å². The van der Waals surface area contributed by atoms with E-state index in [0.29, 0.717) is 5.92 Å². The Labute approximate surface area is 109 Å². The molecule has 2 atom stereocenters. The zero-order valence-electron chi connectivity index (χ0n) is 11.0. The van der Waals surface area contributed by atoms with Crippen LogP contribution >= 0.6 is 0 Å². The lowest BCUT2D eigenvalue weighted by atomic mass is 9.84. The van der Waals surface area contributed by atoms with Crippen LogP contribution in [0.3, 0.4) is 0 Å². The first kappa shape index (κ1) is 12.8. The van der Waals surface area contributed by atoms with Crippen molar-refractivity contribution >= 4 is 0 Å². The topological polar surface area (TPSA) is 20.2 Å². The molecule has 2 unspecified atom stereocenters. The molecule has 0 bridgehead atoms.